The minimum atomic E-state index is -0.556. The molecule has 1 N–H and O–H groups in total. The molecule has 1 aromatic carbocycles. The van der Waals surface area contributed by atoms with Gasteiger partial charge in [0.05, 0.1) is 33.5 Å². The van der Waals surface area contributed by atoms with Gasteiger partial charge < -0.3 is 28.6 Å². The van der Waals surface area contributed by atoms with E-state index in [-0.39, 0.29) is 12.5 Å². The highest BCUT2D eigenvalue weighted by atomic mass is 16.5. The summed E-state index contributed by atoms with van der Waals surface area (Å²) in [5.74, 6) is 0.930. The lowest BCUT2D eigenvalue weighted by molar-refractivity contribution is -0.0812. The fourth-order valence-electron chi connectivity index (χ4n) is 3.94. The van der Waals surface area contributed by atoms with Crippen molar-refractivity contribution in [2.24, 2.45) is 0 Å². The quantitative estimate of drug-likeness (QED) is 0.693. The monoisotopic (exact) mass is 411 g/mol. The van der Waals surface area contributed by atoms with Crippen LogP contribution in [0, 0.1) is 6.92 Å². The molecule has 2 aromatic heterocycles. The average Bonchev–Trinajstić information content (AvgIpc) is 3.23. The standard InChI is InChI=1S/C22H25N3O5/c1-14-5-4-6-20-23-16(12-25(14)20)22(27)24-9-10-30-19(13-26)21(24)15-7-8-17(28-2)18(11-15)29-3/h4-8,11-12,19,21,26H,9-10,13H2,1-3H3/t19-,21-/m1/s1. The number of imidazole rings is 1. The minimum Gasteiger partial charge on any atom is -0.493 e. The van der Waals surface area contributed by atoms with Crippen LogP contribution in [0.3, 0.4) is 0 Å². The predicted octanol–water partition coefficient (Wildman–Crippen LogP) is 2.23. The van der Waals surface area contributed by atoms with Gasteiger partial charge in [0.25, 0.3) is 5.91 Å². The van der Waals surface area contributed by atoms with Crippen LogP contribution in [0.5, 0.6) is 11.5 Å². The summed E-state index contributed by atoms with van der Waals surface area (Å²) in [6.45, 7) is 2.48. The maximum absolute atomic E-state index is 13.5. The van der Waals surface area contributed by atoms with Gasteiger partial charge in [0.2, 0.25) is 0 Å². The first kappa shape index (κ1) is 20.2. The van der Waals surface area contributed by atoms with E-state index >= 15 is 0 Å². The number of nitrogens with zero attached hydrogens (tertiary/aromatic N) is 3. The summed E-state index contributed by atoms with van der Waals surface area (Å²) in [7, 11) is 3.13. The summed E-state index contributed by atoms with van der Waals surface area (Å²) in [5, 5.41) is 9.93. The number of carbonyl (C=O) groups excluding carboxylic acids is 1. The summed E-state index contributed by atoms with van der Waals surface area (Å²) < 4.78 is 18.4. The molecule has 4 rings (SSSR count). The van der Waals surface area contributed by atoms with Gasteiger partial charge in [-0.25, -0.2) is 4.98 Å². The lowest BCUT2D eigenvalue weighted by Crippen LogP contribution is -2.49. The van der Waals surface area contributed by atoms with Crippen LogP contribution in [0.4, 0.5) is 0 Å². The molecule has 158 valence electrons. The number of carbonyl (C=O) groups is 1. The zero-order chi connectivity index (χ0) is 21.3. The van der Waals surface area contributed by atoms with Crippen molar-refractivity contribution < 1.29 is 24.1 Å². The Bertz CT molecular complexity index is 1060. The summed E-state index contributed by atoms with van der Waals surface area (Å²) in [6, 6.07) is 10.7. The van der Waals surface area contributed by atoms with Gasteiger partial charge in [-0.05, 0) is 36.8 Å². The van der Waals surface area contributed by atoms with E-state index in [1.165, 1.54) is 0 Å². The Morgan fingerprint density at radius 1 is 1.23 bits per heavy atom. The van der Waals surface area contributed by atoms with Crippen LogP contribution < -0.4 is 9.47 Å². The number of aromatic nitrogens is 2. The zero-order valence-corrected chi connectivity index (χ0v) is 17.2. The van der Waals surface area contributed by atoms with Crippen LogP contribution >= 0.6 is 0 Å². The van der Waals surface area contributed by atoms with E-state index in [0.29, 0.717) is 36.0 Å². The molecule has 1 fully saturated rings. The number of ether oxygens (including phenoxy) is 3. The van der Waals surface area contributed by atoms with Crippen molar-refractivity contribution in [2.75, 3.05) is 34.0 Å². The van der Waals surface area contributed by atoms with Crippen molar-refractivity contribution >= 4 is 11.6 Å². The Morgan fingerprint density at radius 2 is 2.03 bits per heavy atom. The van der Waals surface area contributed by atoms with Crippen LogP contribution in [0.1, 0.15) is 27.8 Å². The maximum Gasteiger partial charge on any atom is 0.274 e. The lowest BCUT2D eigenvalue weighted by Gasteiger charge is -2.40. The Balaban J connectivity index is 1.74. The van der Waals surface area contributed by atoms with Gasteiger partial charge >= 0.3 is 0 Å². The highest BCUT2D eigenvalue weighted by molar-refractivity contribution is 5.93. The highest BCUT2D eigenvalue weighted by Crippen LogP contribution is 2.36. The van der Waals surface area contributed by atoms with Gasteiger partial charge in [-0.2, -0.15) is 0 Å². The van der Waals surface area contributed by atoms with Crippen LogP contribution in [0.15, 0.2) is 42.6 Å². The molecule has 0 unspecified atom stereocenters. The second-order valence-corrected chi connectivity index (χ2v) is 7.17. The van der Waals surface area contributed by atoms with E-state index in [2.05, 4.69) is 4.98 Å². The summed E-state index contributed by atoms with van der Waals surface area (Å²) in [6.07, 6.45) is 1.20. The van der Waals surface area contributed by atoms with E-state index in [9.17, 15) is 9.90 Å². The van der Waals surface area contributed by atoms with Crippen molar-refractivity contribution in [3.8, 4) is 11.5 Å². The topological polar surface area (TPSA) is 85.5 Å². The number of hydrogen-bond donors (Lipinski definition) is 1. The Kier molecular flexibility index (Phi) is 5.61. The SMILES string of the molecule is COc1ccc([C@@H]2[C@@H](CO)OCCN2C(=O)c2cn3c(C)cccc3n2)cc1OC. The number of pyridine rings is 1. The number of rotatable bonds is 5. The molecule has 0 aliphatic carbocycles. The first-order valence-electron chi connectivity index (χ1n) is 9.77. The van der Waals surface area contributed by atoms with Gasteiger partial charge in [-0.1, -0.05) is 12.1 Å². The van der Waals surface area contributed by atoms with E-state index in [4.69, 9.17) is 14.2 Å². The van der Waals surface area contributed by atoms with Crippen molar-refractivity contribution in [3.05, 3.63) is 59.5 Å². The summed E-state index contributed by atoms with van der Waals surface area (Å²) in [4.78, 5) is 19.7. The Hall–Kier alpha value is -3.10. The molecular formula is C22H25N3O5. The Morgan fingerprint density at radius 3 is 2.73 bits per heavy atom. The number of benzene rings is 1. The largest absolute Gasteiger partial charge is 0.493 e. The molecule has 1 aliphatic heterocycles. The summed E-state index contributed by atoms with van der Waals surface area (Å²) >= 11 is 0. The first-order chi connectivity index (χ1) is 14.6. The van der Waals surface area contributed by atoms with Crippen molar-refractivity contribution in [2.45, 2.75) is 19.1 Å². The molecule has 1 amide bonds. The number of amides is 1. The molecule has 0 radical (unpaired) electrons. The van der Waals surface area contributed by atoms with Crippen LogP contribution in [-0.2, 0) is 4.74 Å². The van der Waals surface area contributed by atoms with E-state index in [0.717, 1.165) is 11.3 Å². The van der Waals surface area contributed by atoms with Crippen LogP contribution in [0.25, 0.3) is 5.65 Å². The maximum atomic E-state index is 13.5. The number of morpholine rings is 1. The average molecular weight is 411 g/mol. The van der Waals surface area contributed by atoms with E-state index in [1.807, 2.05) is 41.7 Å². The highest BCUT2D eigenvalue weighted by Gasteiger charge is 2.37. The fourth-order valence-corrected chi connectivity index (χ4v) is 3.94. The molecule has 3 heterocycles. The second kappa shape index (κ2) is 8.33. The number of aliphatic hydroxyl groups excluding tert-OH is 1. The van der Waals surface area contributed by atoms with Gasteiger partial charge in [0, 0.05) is 18.4 Å². The molecular weight excluding hydrogens is 386 g/mol. The number of aliphatic hydroxyl groups is 1. The molecule has 8 heteroatoms. The zero-order valence-electron chi connectivity index (χ0n) is 17.2. The third-order valence-corrected chi connectivity index (χ3v) is 5.46. The van der Waals surface area contributed by atoms with E-state index in [1.54, 1.807) is 31.4 Å². The van der Waals surface area contributed by atoms with Gasteiger partial charge in [-0.3, -0.25) is 4.79 Å². The molecule has 3 aromatic rings. The molecule has 0 spiro atoms. The van der Waals surface area contributed by atoms with Crippen molar-refractivity contribution in [1.82, 2.24) is 14.3 Å². The number of methoxy groups -OCH3 is 2. The lowest BCUT2D eigenvalue weighted by atomic mass is 9.97. The molecule has 1 aliphatic rings. The van der Waals surface area contributed by atoms with Crippen molar-refractivity contribution in [3.63, 3.8) is 0 Å². The smallest absolute Gasteiger partial charge is 0.274 e. The van der Waals surface area contributed by atoms with Gasteiger partial charge in [0.15, 0.2) is 11.5 Å². The Labute approximate surface area is 174 Å². The van der Waals surface area contributed by atoms with Crippen LogP contribution in [0.2, 0.25) is 0 Å². The number of fused-ring (bicyclic) bond motifs is 1. The van der Waals surface area contributed by atoms with Gasteiger partial charge in [0.1, 0.15) is 17.4 Å². The van der Waals surface area contributed by atoms with E-state index < -0.39 is 12.1 Å². The third-order valence-electron chi connectivity index (χ3n) is 5.46. The van der Waals surface area contributed by atoms with Crippen LogP contribution in [-0.4, -0.2) is 65.4 Å². The molecule has 8 nitrogen and oxygen atoms in total. The number of aryl methyl sites for hydroxylation is 1. The second-order valence-electron chi connectivity index (χ2n) is 7.17. The fraction of sp³-hybridized carbons (Fsp3) is 0.364. The normalized spacial score (nSPS) is 19.1. The van der Waals surface area contributed by atoms with Crippen molar-refractivity contribution in [1.29, 1.82) is 0 Å². The third kappa shape index (κ3) is 3.48. The molecule has 0 saturated carbocycles. The molecule has 1 saturated heterocycles. The first-order valence-corrected chi connectivity index (χ1v) is 9.77. The minimum absolute atomic E-state index is 0.209. The van der Waals surface area contributed by atoms with Gasteiger partial charge in [-0.15, -0.1) is 0 Å². The summed E-state index contributed by atoms with van der Waals surface area (Å²) in [5.41, 5.74) is 2.85. The molecule has 30 heavy (non-hydrogen) atoms. The molecule has 0 bridgehead atoms. The predicted molar refractivity (Wildman–Crippen MR) is 110 cm³/mol. The number of hydrogen-bond acceptors (Lipinski definition) is 6. The molecule has 2 atom stereocenters.